The highest BCUT2D eigenvalue weighted by Crippen LogP contribution is 2.49. The number of fused-ring (bicyclic) bond motifs is 2. The molecule has 4 rings (SSSR count). The summed E-state index contributed by atoms with van der Waals surface area (Å²) in [6, 6.07) is 15.4. The SMILES string of the molecule is COc1ccc(NC2=NCC3(S2)C(=O)Nc2ccccc23)cc1. The Hall–Kier alpha value is -2.47. The second-order valence-corrected chi connectivity index (χ2v) is 6.69. The molecule has 1 spiro atoms. The van der Waals surface area contributed by atoms with Crippen LogP contribution in [-0.4, -0.2) is 24.7 Å². The van der Waals surface area contributed by atoms with E-state index in [-0.39, 0.29) is 5.91 Å². The third kappa shape index (κ3) is 2.26. The van der Waals surface area contributed by atoms with Gasteiger partial charge in [-0.2, -0.15) is 0 Å². The van der Waals surface area contributed by atoms with Crippen LogP contribution in [0.15, 0.2) is 53.5 Å². The number of ether oxygens (including phenoxy) is 1. The molecule has 2 aromatic carbocycles. The maximum atomic E-state index is 12.5. The summed E-state index contributed by atoms with van der Waals surface area (Å²) in [6.45, 7) is 0.443. The monoisotopic (exact) mass is 325 g/mol. The fourth-order valence-electron chi connectivity index (χ4n) is 2.82. The minimum Gasteiger partial charge on any atom is -0.497 e. The summed E-state index contributed by atoms with van der Waals surface area (Å²) < 4.78 is 4.50. The van der Waals surface area contributed by atoms with Gasteiger partial charge in [-0.15, -0.1) is 0 Å². The lowest BCUT2D eigenvalue weighted by molar-refractivity contribution is -0.117. The summed E-state index contributed by atoms with van der Waals surface area (Å²) >= 11 is 1.47. The van der Waals surface area contributed by atoms with Crippen molar-refractivity contribution >= 4 is 34.2 Å². The van der Waals surface area contributed by atoms with Gasteiger partial charge in [-0.05, 0) is 30.3 Å². The maximum Gasteiger partial charge on any atom is 0.247 e. The van der Waals surface area contributed by atoms with E-state index >= 15 is 0 Å². The van der Waals surface area contributed by atoms with Crippen molar-refractivity contribution in [1.82, 2.24) is 0 Å². The van der Waals surface area contributed by atoms with E-state index in [4.69, 9.17) is 4.74 Å². The van der Waals surface area contributed by atoms with Crippen LogP contribution in [0.4, 0.5) is 11.4 Å². The molecule has 0 aromatic heterocycles. The van der Waals surface area contributed by atoms with Gasteiger partial charge in [-0.3, -0.25) is 9.79 Å². The molecule has 2 N–H and O–H groups in total. The maximum absolute atomic E-state index is 12.5. The molecule has 0 saturated carbocycles. The summed E-state index contributed by atoms with van der Waals surface area (Å²) in [5.74, 6) is 0.802. The van der Waals surface area contributed by atoms with Gasteiger partial charge in [0.1, 0.15) is 10.5 Å². The number of amidine groups is 1. The average Bonchev–Trinajstić information content (AvgIpc) is 3.12. The van der Waals surface area contributed by atoms with Crippen LogP contribution in [0.1, 0.15) is 5.56 Å². The molecule has 2 aliphatic rings. The van der Waals surface area contributed by atoms with Gasteiger partial charge in [0.2, 0.25) is 5.91 Å². The number of hydrogen-bond acceptors (Lipinski definition) is 5. The van der Waals surface area contributed by atoms with Gasteiger partial charge in [0.25, 0.3) is 0 Å². The van der Waals surface area contributed by atoms with Crippen molar-refractivity contribution in [2.24, 2.45) is 4.99 Å². The second kappa shape index (κ2) is 5.31. The third-order valence-corrected chi connectivity index (χ3v) is 5.34. The Morgan fingerprint density at radius 2 is 2.00 bits per heavy atom. The molecule has 1 amide bonds. The summed E-state index contributed by atoms with van der Waals surface area (Å²) in [6.07, 6.45) is 0. The highest BCUT2D eigenvalue weighted by Gasteiger charge is 2.51. The van der Waals surface area contributed by atoms with Gasteiger partial charge in [-0.25, -0.2) is 0 Å². The van der Waals surface area contributed by atoms with Crippen molar-refractivity contribution in [1.29, 1.82) is 0 Å². The van der Waals surface area contributed by atoms with Crippen LogP contribution in [0.5, 0.6) is 5.75 Å². The normalized spacial score (nSPS) is 21.8. The first kappa shape index (κ1) is 14.1. The van der Waals surface area contributed by atoms with E-state index < -0.39 is 4.75 Å². The molecule has 1 atom stereocenters. The number of hydrogen-bond donors (Lipinski definition) is 2. The van der Waals surface area contributed by atoms with Crippen molar-refractivity contribution in [2.75, 3.05) is 24.3 Å². The number of thioether (sulfide) groups is 1. The van der Waals surface area contributed by atoms with Crippen molar-refractivity contribution in [3.63, 3.8) is 0 Å². The number of aliphatic imine (C=N–C) groups is 1. The summed E-state index contributed by atoms with van der Waals surface area (Å²) in [5, 5.41) is 6.98. The molecule has 23 heavy (non-hydrogen) atoms. The van der Waals surface area contributed by atoms with Crippen LogP contribution in [0.2, 0.25) is 0 Å². The standard InChI is InChI=1S/C17H15N3O2S/c1-22-12-8-6-11(7-9-12)19-16-18-10-17(23-16)13-4-2-3-5-14(13)20-15(17)21/h2-9H,10H2,1H3,(H,18,19)(H,20,21). The molecule has 0 fully saturated rings. The molecule has 2 heterocycles. The zero-order valence-electron chi connectivity index (χ0n) is 12.5. The molecule has 0 radical (unpaired) electrons. The van der Waals surface area contributed by atoms with Crippen LogP contribution < -0.4 is 15.4 Å². The first-order valence-electron chi connectivity index (χ1n) is 7.27. The second-order valence-electron chi connectivity index (χ2n) is 5.40. The number of amides is 1. The first-order valence-corrected chi connectivity index (χ1v) is 8.08. The lowest BCUT2D eigenvalue weighted by atomic mass is 10.00. The quantitative estimate of drug-likeness (QED) is 0.891. The molecule has 2 aliphatic heterocycles. The summed E-state index contributed by atoms with van der Waals surface area (Å²) in [7, 11) is 1.64. The van der Waals surface area contributed by atoms with E-state index in [1.807, 2.05) is 48.5 Å². The average molecular weight is 325 g/mol. The van der Waals surface area contributed by atoms with Gasteiger partial charge in [-0.1, -0.05) is 30.0 Å². The first-order chi connectivity index (χ1) is 11.2. The number of anilines is 2. The van der Waals surface area contributed by atoms with Gasteiger partial charge < -0.3 is 15.4 Å². The van der Waals surface area contributed by atoms with Crippen molar-refractivity contribution in [3.8, 4) is 5.75 Å². The van der Waals surface area contributed by atoms with Crippen LogP contribution in [0, 0.1) is 0 Å². The Morgan fingerprint density at radius 3 is 2.78 bits per heavy atom. The Bertz CT molecular complexity index is 804. The van der Waals surface area contributed by atoms with E-state index in [0.717, 1.165) is 27.9 Å². The molecule has 6 heteroatoms. The van der Waals surface area contributed by atoms with Crippen LogP contribution in [-0.2, 0) is 9.54 Å². The van der Waals surface area contributed by atoms with Gasteiger partial charge >= 0.3 is 0 Å². The number of para-hydroxylation sites is 1. The van der Waals surface area contributed by atoms with Crippen molar-refractivity contribution < 1.29 is 9.53 Å². The number of nitrogens with zero attached hydrogens (tertiary/aromatic N) is 1. The largest absolute Gasteiger partial charge is 0.497 e. The summed E-state index contributed by atoms with van der Waals surface area (Å²) in [4.78, 5) is 17.0. The molecule has 5 nitrogen and oxygen atoms in total. The topological polar surface area (TPSA) is 62.7 Å². The lowest BCUT2D eigenvalue weighted by Gasteiger charge is -2.19. The van der Waals surface area contributed by atoms with Gasteiger partial charge in [0, 0.05) is 16.9 Å². The molecule has 0 aliphatic carbocycles. The van der Waals surface area contributed by atoms with Crippen LogP contribution in [0.3, 0.4) is 0 Å². The Kier molecular flexibility index (Phi) is 3.27. The number of benzene rings is 2. The van der Waals surface area contributed by atoms with Gasteiger partial charge in [0.15, 0.2) is 5.17 Å². The number of carbonyl (C=O) groups excluding carboxylic acids is 1. The number of nitrogens with one attached hydrogen (secondary N) is 2. The van der Waals surface area contributed by atoms with Crippen molar-refractivity contribution in [2.45, 2.75) is 4.75 Å². The predicted molar refractivity (Wildman–Crippen MR) is 93.3 cm³/mol. The molecule has 1 unspecified atom stereocenters. The van der Waals surface area contributed by atoms with E-state index in [0.29, 0.717) is 6.54 Å². The van der Waals surface area contributed by atoms with E-state index in [2.05, 4.69) is 15.6 Å². The van der Waals surface area contributed by atoms with E-state index in [1.165, 1.54) is 11.8 Å². The highest BCUT2D eigenvalue weighted by atomic mass is 32.2. The predicted octanol–water partition coefficient (Wildman–Crippen LogP) is 3.06. The number of carbonyl (C=O) groups is 1. The molecular formula is C17H15N3O2S. The fraction of sp³-hybridized carbons (Fsp3) is 0.176. The Balaban J connectivity index is 1.55. The van der Waals surface area contributed by atoms with E-state index in [9.17, 15) is 4.79 Å². The Labute approximate surface area is 138 Å². The van der Waals surface area contributed by atoms with Gasteiger partial charge in [0.05, 0.1) is 13.7 Å². The molecule has 0 bridgehead atoms. The highest BCUT2D eigenvalue weighted by molar-refractivity contribution is 8.15. The number of rotatable bonds is 2. The molecule has 0 saturated heterocycles. The minimum atomic E-state index is -0.647. The zero-order chi connectivity index (χ0) is 15.9. The lowest BCUT2D eigenvalue weighted by Crippen LogP contribution is -2.32. The van der Waals surface area contributed by atoms with Crippen LogP contribution in [0.25, 0.3) is 0 Å². The third-order valence-electron chi connectivity index (χ3n) is 4.03. The fourth-order valence-corrected chi connectivity index (χ4v) is 4.01. The minimum absolute atomic E-state index is 0.000944. The smallest absolute Gasteiger partial charge is 0.247 e. The Morgan fingerprint density at radius 1 is 1.22 bits per heavy atom. The van der Waals surface area contributed by atoms with E-state index in [1.54, 1.807) is 7.11 Å². The number of methoxy groups -OCH3 is 1. The zero-order valence-corrected chi connectivity index (χ0v) is 13.3. The van der Waals surface area contributed by atoms with Crippen molar-refractivity contribution in [3.05, 3.63) is 54.1 Å². The molecular weight excluding hydrogens is 310 g/mol. The summed E-state index contributed by atoms with van der Waals surface area (Å²) in [5.41, 5.74) is 2.80. The molecule has 116 valence electrons. The van der Waals surface area contributed by atoms with Crippen LogP contribution >= 0.6 is 11.8 Å². The molecule has 2 aromatic rings.